The van der Waals surface area contributed by atoms with E-state index >= 15 is 0 Å². The molecule has 0 fully saturated rings. The second-order valence-corrected chi connectivity index (χ2v) is 7.91. The standard InChI is InChI=1S/C17H22ClN3O5S/c1-13-20-16(12-21(13)2)27(23,24)19-9-8-17(22)26-11-3-10-25-15-6-4-14(18)5-7-15/h4-7,12,19H,3,8-11H2,1-2H3. The molecule has 0 aliphatic rings. The highest BCUT2D eigenvalue weighted by molar-refractivity contribution is 7.89. The number of benzene rings is 1. The molecule has 0 unspecified atom stereocenters. The van der Waals surface area contributed by atoms with Gasteiger partial charge in [0.15, 0.2) is 5.03 Å². The Hall–Kier alpha value is -2.10. The molecule has 148 valence electrons. The number of halogens is 1. The predicted octanol–water partition coefficient (Wildman–Crippen LogP) is 2.06. The number of nitrogens with one attached hydrogen (secondary N) is 1. The van der Waals surface area contributed by atoms with Gasteiger partial charge < -0.3 is 14.0 Å². The summed E-state index contributed by atoms with van der Waals surface area (Å²) in [6.07, 6.45) is 1.87. The van der Waals surface area contributed by atoms with Crippen LogP contribution in [0.25, 0.3) is 0 Å². The first-order chi connectivity index (χ1) is 12.8. The van der Waals surface area contributed by atoms with Gasteiger partial charge >= 0.3 is 5.97 Å². The Morgan fingerprint density at radius 3 is 2.59 bits per heavy atom. The summed E-state index contributed by atoms with van der Waals surface area (Å²) in [6, 6.07) is 6.96. The van der Waals surface area contributed by atoms with Crippen molar-refractivity contribution in [2.75, 3.05) is 19.8 Å². The average molecular weight is 416 g/mol. The number of carbonyl (C=O) groups excluding carboxylic acids is 1. The zero-order chi connectivity index (χ0) is 19.9. The smallest absolute Gasteiger partial charge is 0.307 e. The first kappa shape index (κ1) is 21.2. The molecule has 2 aromatic rings. The number of aromatic nitrogens is 2. The lowest BCUT2D eigenvalue weighted by Crippen LogP contribution is -2.27. The number of hydrogen-bond acceptors (Lipinski definition) is 6. The van der Waals surface area contributed by atoms with Crippen LogP contribution in [0.15, 0.2) is 35.5 Å². The maximum absolute atomic E-state index is 12.1. The Labute approximate surface area is 163 Å². The van der Waals surface area contributed by atoms with E-state index in [-0.39, 0.29) is 24.6 Å². The number of esters is 1. The van der Waals surface area contributed by atoms with Gasteiger partial charge in [0.25, 0.3) is 10.0 Å². The molecule has 10 heteroatoms. The average Bonchev–Trinajstić information content (AvgIpc) is 2.96. The Bertz CT molecular complexity index is 846. The molecule has 0 radical (unpaired) electrons. The van der Waals surface area contributed by atoms with Crippen LogP contribution in [0.4, 0.5) is 0 Å². The van der Waals surface area contributed by atoms with Crippen molar-refractivity contribution in [2.24, 2.45) is 7.05 Å². The van der Waals surface area contributed by atoms with Gasteiger partial charge in [-0.3, -0.25) is 4.79 Å². The number of ether oxygens (including phenoxy) is 2. The van der Waals surface area contributed by atoms with E-state index in [2.05, 4.69) is 9.71 Å². The Kier molecular flexibility index (Phi) is 7.64. The topological polar surface area (TPSA) is 99.5 Å². The molecular weight excluding hydrogens is 394 g/mol. The number of carbonyl (C=O) groups is 1. The summed E-state index contributed by atoms with van der Waals surface area (Å²) in [5, 5.41) is 0.556. The molecule has 0 bridgehead atoms. The van der Waals surface area contributed by atoms with Crippen LogP contribution in [0, 0.1) is 6.92 Å². The molecule has 0 atom stereocenters. The Balaban J connectivity index is 1.61. The molecule has 0 aliphatic heterocycles. The van der Waals surface area contributed by atoms with E-state index in [9.17, 15) is 13.2 Å². The summed E-state index contributed by atoms with van der Waals surface area (Å²) in [4.78, 5) is 15.6. The zero-order valence-electron chi connectivity index (χ0n) is 15.1. The molecular formula is C17H22ClN3O5S. The molecule has 8 nitrogen and oxygen atoms in total. The minimum Gasteiger partial charge on any atom is -0.493 e. The summed E-state index contributed by atoms with van der Waals surface area (Å²) < 4.78 is 38.6. The van der Waals surface area contributed by atoms with E-state index in [0.29, 0.717) is 29.6 Å². The zero-order valence-corrected chi connectivity index (χ0v) is 16.7. The van der Waals surface area contributed by atoms with Crippen molar-refractivity contribution < 1.29 is 22.7 Å². The van der Waals surface area contributed by atoms with Gasteiger partial charge in [-0.05, 0) is 31.2 Å². The van der Waals surface area contributed by atoms with Gasteiger partial charge in [-0.15, -0.1) is 0 Å². The number of sulfonamides is 1. The maximum atomic E-state index is 12.1. The van der Waals surface area contributed by atoms with Crippen LogP contribution in [0.3, 0.4) is 0 Å². The fourth-order valence-corrected chi connectivity index (χ4v) is 3.25. The van der Waals surface area contributed by atoms with Crippen molar-refractivity contribution in [3.05, 3.63) is 41.3 Å². The molecule has 1 aromatic heterocycles. The minimum atomic E-state index is -3.74. The number of aryl methyl sites for hydroxylation is 2. The highest BCUT2D eigenvalue weighted by Gasteiger charge is 2.18. The molecule has 0 amide bonds. The fourth-order valence-electron chi connectivity index (χ4n) is 2.06. The van der Waals surface area contributed by atoms with Gasteiger partial charge in [0.2, 0.25) is 0 Å². The van der Waals surface area contributed by atoms with E-state index in [1.165, 1.54) is 6.20 Å². The summed E-state index contributed by atoms with van der Waals surface area (Å²) >= 11 is 5.78. The quantitative estimate of drug-likeness (QED) is 0.471. The summed E-state index contributed by atoms with van der Waals surface area (Å²) in [5.41, 5.74) is 0. The van der Waals surface area contributed by atoms with E-state index < -0.39 is 16.0 Å². The number of hydrogen-bond donors (Lipinski definition) is 1. The normalized spacial score (nSPS) is 11.4. The highest BCUT2D eigenvalue weighted by Crippen LogP contribution is 2.15. The molecule has 2 rings (SSSR count). The fraction of sp³-hybridized carbons (Fsp3) is 0.412. The maximum Gasteiger partial charge on any atom is 0.307 e. The second-order valence-electron chi connectivity index (χ2n) is 5.76. The van der Waals surface area contributed by atoms with Gasteiger partial charge in [-0.1, -0.05) is 11.6 Å². The minimum absolute atomic E-state index is 0.0575. The molecule has 0 spiro atoms. The van der Waals surface area contributed by atoms with Crippen molar-refractivity contribution in [1.82, 2.24) is 14.3 Å². The number of rotatable bonds is 10. The van der Waals surface area contributed by atoms with Crippen LogP contribution < -0.4 is 9.46 Å². The summed E-state index contributed by atoms with van der Waals surface area (Å²) in [5.74, 6) is 0.780. The molecule has 0 saturated carbocycles. The lowest BCUT2D eigenvalue weighted by molar-refractivity contribution is -0.143. The monoisotopic (exact) mass is 415 g/mol. The third-order valence-corrected chi connectivity index (χ3v) is 5.20. The predicted molar refractivity (Wildman–Crippen MR) is 100 cm³/mol. The second kappa shape index (κ2) is 9.72. The van der Waals surface area contributed by atoms with Crippen LogP contribution in [-0.2, 0) is 26.6 Å². The van der Waals surface area contributed by atoms with Gasteiger partial charge in [0.05, 0.1) is 19.6 Å². The molecule has 0 aliphatic carbocycles. The lowest BCUT2D eigenvalue weighted by Gasteiger charge is -2.08. The highest BCUT2D eigenvalue weighted by atomic mass is 35.5. The Morgan fingerprint density at radius 1 is 1.26 bits per heavy atom. The van der Waals surface area contributed by atoms with Gasteiger partial charge in [-0.25, -0.2) is 18.1 Å². The third-order valence-electron chi connectivity index (χ3n) is 3.62. The van der Waals surface area contributed by atoms with Crippen LogP contribution in [0.2, 0.25) is 5.02 Å². The van der Waals surface area contributed by atoms with Crippen LogP contribution in [0.1, 0.15) is 18.7 Å². The van der Waals surface area contributed by atoms with E-state index in [1.807, 2.05) is 0 Å². The van der Waals surface area contributed by atoms with E-state index in [1.54, 1.807) is 42.8 Å². The van der Waals surface area contributed by atoms with Crippen LogP contribution in [0.5, 0.6) is 5.75 Å². The van der Waals surface area contributed by atoms with Crippen LogP contribution in [-0.4, -0.2) is 43.7 Å². The number of nitrogens with zero attached hydrogens (tertiary/aromatic N) is 2. The van der Waals surface area contributed by atoms with Crippen molar-refractivity contribution >= 4 is 27.6 Å². The SMILES string of the molecule is Cc1nc(S(=O)(=O)NCCC(=O)OCCCOc2ccc(Cl)cc2)cn1C. The van der Waals surface area contributed by atoms with Crippen molar-refractivity contribution in [3.8, 4) is 5.75 Å². The van der Waals surface area contributed by atoms with Crippen molar-refractivity contribution in [1.29, 1.82) is 0 Å². The molecule has 1 heterocycles. The van der Waals surface area contributed by atoms with E-state index in [4.69, 9.17) is 21.1 Å². The summed E-state index contributed by atoms with van der Waals surface area (Å²) in [7, 11) is -2.04. The first-order valence-electron chi connectivity index (χ1n) is 8.31. The summed E-state index contributed by atoms with van der Waals surface area (Å²) in [6.45, 7) is 2.23. The van der Waals surface area contributed by atoms with E-state index in [0.717, 1.165) is 0 Å². The number of imidazole rings is 1. The van der Waals surface area contributed by atoms with Crippen molar-refractivity contribution in [3.63, 3.8) is 0 Å². The first-order valence-corrected chi connectivity index (χ1v) is 10.2. The van der Waals surface area contributed by atoms with Crippen LogP contribution >= 0.6 is 11.6 Å². The molecule has 0 saturated heterocycles. The van der Waals surface area contributed by atoms with Gasteiger partial charge in [0.1, 0.15) is 11.6 Å². The van der Waals surface area contributed by atoms with Crippen molar-refractivity contribution in [2.45, 2.75) is 24.8 Å². The van der Waals surface area contributed by atoms with Gasteiger partial charge in [0, 0.05) is 31.2 Å². The molecule has 27 heavy (non-hydrogen) atoms. The third kappa shape index (κ3) is 6.85. The molecule has 1 aromatic carbocycles. The molecule has 1 N–H and O–H groups in total. The lowest BCUT2D eigenvalue weighted by atomic mass is 10.3. The van der Waals surface area contributed by atoms with Gasteiger partial charge in [-0.2, -0.15) is 0 Å². The largest absolute Gasteiger partial charge is 0.493 e. The Morgan fingerprint density at radius 2 is 1.96 bits per heavy atom.